The number of fused-ring (bicyclic) bond motifs is 1. The van der Waals surface area contributed by atoms with Crippen LogP contribution in [0.25, 0.3) is 10.9 Å². The number of nitrogens with one attached hydrogen (secondary N) is 2. The second kappa shape index (κ2) is 6.29. The van der Waals surface area contributed by atoms with Crippen LogP contribution in [0, 0.1) is 11.3 Å². The molecule has 1 aliphatic carbocycles. The molecule has 2 N–H and O–H groups in total. The van der Waals surface area contributed by atoms with E-state index in [0.717, 1.165) is 17.3 Å². The molecule has 1 heterocycles. The zero-order valence-corrected chi connectivity index (χ0v) is 16.2. The van der Waals surface area contributed by atoms with Gasteiger partial charge >= 0.3 is 0 Å². The third kappa shape index (κ3) is 3.67. The van der Waals surface area contributed by atoms with Crippen LogP contribution in [-0.4, -0.2) is 27.8 Å². The Bertz CT molecular complexity index is 792. The minimum atomic E-state index is -0.164. The van der Waals surface area contributed by atoms with Crippen molar-refractivity contribution in [1.82, 2.24) is 10.2 Å². The van der Waals surface area contributed by atoms with Gasteiger partial charge in [-0.15, -0.1) is 0 Å². The van der Waals surface area contributed by atoms with Crippen molar-refractivity contribution in [2.24, 2.45) is 11.3 Å². The Morgan fingerprint density at radius 3 is 2.80 bits per heavy atom. The number of para-hydroxylation sites is 1. The van der Waals surface area contributed by atoms with Gasteiger partial charge < -0.3 is 10.1 Å². The van der Waals surface area contributed by atoms with Gasteiger partial charge in [-0.05, 0) is 50.7 Å². The predicted molar refractivity (Wildman–Crippen MR) is 101 cm³/mol. The van der Waals surface area contributed by atoms with Gasteiger partial charge in [-0.1, -0.05) is 31.5 Å². The van der Waals surface area contributed by atoms with Gasteiger partial charge in [0, 0.05) is 11.8 Å². The highest BCUT2D eigenvalue weighted by Crippen LogP contribution is 2.51. The zero-order valence-electron chi connectivity index (χ0n) is 15.4. The van der Waals surface area contributed by atoms with Crippen LogP contribution in [0.4, 0.5) is 5.82 Å². The van der Waals surface area contributed by atoms with Crippen LogP contribution in [0.3, 0.4) is 0 Å². The highest BCUT2D eigenvalue weighted by molar-refractivity contribution is 6.35. The number of hydrogen-bond donors (Lipinski definition) is 2. The topological polar surface area (TPSA) is 67.0 Å². The van der Waals surface area contributed by atoms with Gasteiger partial charge in [0.2, 0.25) is 5.91 Å². The van der Waals surface area contributed by atoms with Crippen molar-refractivity contribution in [2.75, 3.05) is 5.32 Å². The largest absolute Gasteiger partial charge is 0.372 e. The predicted octanol–water partition coefficient (Wildman–Crippen LogP) is 4.77. The monoisotopic (exact) mass is 363 g/mol. The van der Waals surface area contributed by atoms with Crippen LogP contribution in [0.1, 0.15) is 47.5 Å². The summed E-state index contributed by atoms with van der Waals surface area (Å²) in [5, 5.41) is 11.4. The second-order valence-electron chi connectivity index (χ2n) is 8.46. The maximum absolute atomic E-state index is 12.5. The summed E-state index contributed by atoms with van der Waals surface area (Å²) in [7, 11) is 0. The number of ether oxygens (including phenoxy) is 1. The molecule has 1 fully saturated rings. The molecule has 6 heteroatoms. The fourth-order valence-electron chi connectivity index (χ4n) is 3.45. The van der Waals surface area contributed by atoms with Gasteiger partial charge in [0.25, 0.3) is 0 Å². The first-order chi connectivity index (χ1) is 11.6. The van der Waals surface area contributed by atoms with Gasteiger partial charge in [0.15, 0.2) is 5.82 Å². The van der Waals surface area contributed by atoms with Crippen molar-refractivity contribution in [1.29, 1.82) is 0 Å². The van der Waals surface area contributed by atoms with Crippen LogP contribution in [0.15, 0.2) is 18.2 Å². The molecule has 0 radical (unpaired) electrons. The first-order valence-corrected chi connectivity index (χ1v) is 9.06. The summed E-state index contributed by atoms with van der Waals surface area (Å²) in [6.45, 7) is 10.5. The maximum Gasteiger partial charge on any atom is 0.225 e. The molecule has 1 saturated carbocycles. The van der Waals surface area contributed by atoms with Crippen LogP contribution < -0.4 is 5.32 Å². The summed E-state index contributed by atoms with van der Waals surface area (Å²) in [6.07, 6.45) is 1.56. The minimum absolute atomic E-state index is 0.0123. The Morgan fingerprint density at radius 1 is 1.44 bits per heavy atom. The van der Waals surface area contributed by atoms with Crippen molar-refractivity contribution in [3.8, 4) is 0 Å². The lowest BCUT2D eigenvalue weighted by Gasteiger charge is -2.53. The molecule has 0 bridgehead atoms. The number of carbonyl (C=O) groups is 1. The van der Waals surface area contributed by atoms with Crippen LogP contribution in [0.2, 0.25) is 5.02 Å². The fourth-order valence-corrected chi connectivity index (χ4v) is 3.67. The van der Waals surface area contributed by atoms with E-state index in [-0.39, 0.29) is 23.0 Å². The maximum atomic E-state index is 12.5. The first kappa shape index (κ1) is 18.2. The number of rotatable bonds is 4. The number of halogens is 1. The number of benzene rings is 1. The van der Waals surface area contributed by atoms with E-state index >= 15 is 0 Å². The van der Waals surface area contributed by atoms with Crippen molar-refractivity contribution in [2.45, 2.75) is 59.2 Å². The van der Waals surface area contributed by atoms with Gasteiger partial charge in [0.1, 0.15) is 0 Å². The van der Waals surface area contributed by atoms with Gasteiger partial charge in [-0.25, -0.2) is 0 Å². The Labute approximate surface area is 153 Å². The van der Waals surface area contributed by atoms with Crippen molar-refractivity contribution >= 4 is 34.2 Å². The van der Waals surface area contributed by atoms with E-state index in [1.807, 2.05) is 12.1 Å². The smallest absolute Gasteiger partial charge is 0.225 e. The average Bonchev–Trinajstić information content (AvgIpc) is 2.89. The molecule has 25 heavy (non-hydrogen) atoms. The van der Waals surface area contributed by atoms with E-state index < -0.39 is 0 Å². The number of H-pyrrole nitrogens is 1. The molecule has 5 nitrogen and oxygen atoms in total. The Kier molecular flexibility index (Phi) is 4.58. The lowest BCUT2D eigenvalue weighted by atomic mass is 9.58. The molecule has 0 spiro atoms. The van der Waals surface area contributed by atoms with Crippen LogP contribution in [0.5, 0.6) is 0 Å². The quantitative estimate of drug-likeness (QED) is 0.821. The van der Waals surface area contributed by atoms with E-state index in [0.29, 0.717) is 23.2 Å². The molecule has 1 aromatic heterocycles. The molecule has 0 saturated heterocycles. The normalized spacial score (nSPS) is 22.6. The van der Waals surface area contributed by atoms with Crippen LogP contribution >= 0.6 is 11.6 Å². The van der Waals surface area contributed by atoms with Gasteiger partial charge in [0.05, 0.1) is 22.2 Å². The highest BCUT2D eigenvalue weighted by Gasteiger charge is 2.50. The summed E-state index contributed by atoms with van der Waals surface area (Å²) >= 11 is 6.13. The molecule has 2 aromatic rings. The van der Waals surface area contributed by atoms with Crippen molar-refractivity contribution in [3.05, 3.63) is 23.2 Å². The molecule has 1 amide bonds. The molecule has 2 unspecified atom stereocenters. The molecule has 2 atom stereocenters. The number of amides is 1. The van der Waals surface area contributed by atoms with E-state index in [9.17, 15) is 4.79 Å². The lowest BCUT2D eigenvalue weighted by Crippen LogP contribution is -2.53. The minimum Gasteiger partial charge on any atom is -0.372 e. The van der Waals surface area contributed by atoms with Crippen LogP contribution in [-0.2, 0) is 9.53 Å². The Balaban J connectivity index is 1.63. The fraction of sp³-hybridized carbons (Fsp3) is 0.579. The highest BCUT2D eigenvalue weighted by atomic mass is 35.5. The summed E-state index contributed by atoms with van der Waals surface area (Å²) in [4.78, 5) is 12.5. The SMILES string of the molecule is CC(C)(C)OC1CC(CC(=O)Nc2n[nH]c3c(Cl)cccc23)C1(C)C. The van der Waals surface area contributed by atoms with E-state index in [1.165, 1.54) is 0 Å². The summed E-state index contributed by atoms with van der Waals surface area (Å²) in [6, 6.07) is 5.53. The lowest BCUT2D eigenvalue weighted by molar-refractivity contribution is -0.190. The molecule has 136 valence electrons. The van der Waals surface area contributed by atoms with Gasteiger partial charge in [-0.3, -0.25) is 9.89 Å². The van der Waals surface area contributed by atoms with Crippen molar-refractivity contribution < 1.29 is 9.53 Å². The second-order valence-corrected chi connectivity index (χ2v) is 8.87. The number of aromatic amines is 1. The first-order valence-electron chi connectivity index (χ1n) is 8.68. The average molecular weight is 364 g/mol. The molecular formula is C19H26ClN3O2. The number of carbonyl (C=O) groups excluding carboxylic acids is 1. The van der Waals surface area contributed by atoms with E-state index in [4.69, 9.17) is 16.3 Å². The zero-order chi connectivity index (χ0) is 18.4. The number of hydrogen-bond acceptors (Lipinski definition) is 3. The third-order valence-corrected chi connectivity index (χ3v) is 5.43. The standard InChI is InChI=1S/C19H26ClN3O2/c1-18(2,3)25-14-9-11(19(14,4)5)10-15(24)21-17-12-7-6-8-13(20)16(12)22-23-17/h6-8,11,14H,9-10H2,1-5H3,(H2,21,22,23,24). The Hall–Kier alpha value is -1.59. The van der Waals surface area contributed by atoms with E-state index in [1.54, 1.807) is 6.07 Å². The molecular weight excluding hydrogens is 338 g/mol. The number of nitrogens with zero attached hydrogens (tertiary/aromatic N) is 1. The summed E-state index contributed by atoms with van der Waals surface area (Å²) < 4.78 is 6.11. The third-order valence-electron chi connectivity index (χ3n) is 5.11. The Morgan fingerprint density at radius 2 is 2.16 bits per heavy atom. The molecule has 1 aromatic carbocycles. The van der Waals surface area contributed by atoms with Gasteiger partial charge in [-0.2, -0.15) is 5.10 Å². The summed E-state index contributed by atoms with van der Waals surface area (Å²) in [5.74, 6) is 0.802. The molecule has 0 aliphatic heterocycles. The molecule has 1 aliphatic rings. The molecule has 3 rings (SSSR count). The summed E-state index contributed by atoms with van der Waals surface area (Å²) in [5.41, 5.74) is 0.561. The van der Waals surface area contributed by atoms with E-state index in [2.05, 4.69) is 50.1 Å². The van der Waals surface area contributed by atoms with Crippen molar-refractivity contribution in [3.63, 3.8) is 0 Å². The number of aromatic nitrogens is 2. The number of anilines is 1.